The number of carbonyl (C=O) groups is 2. The van der Waals surface area contributed by atoms with Crippen LogP contribution in [0.1, 0.15) is 64.8 Å². The van der Waals surface area contributed by atoms with Crippen molar-refractivity contribution in [3.8, 4) is 0 Å². The summed E-state index contributed by atoms with van der Waals surface area (Å²) >= 11 is 7.61. The topological polar surface area (TPSA) is 91.8 Å². The summed E-state index contributed by atoms with van der Waals surface area (Å²) < 4.78 is 0. The molecule has 1 saturated carbocycles. The monoisotopic (exact) mass is 511 g/mol. The maximum absolute atomic E-state index is 13.9. The van der Waals surface area contributed by atoms with Gasteiger partial charge in [0.2, 0.25) is 0 Å². The molecule has 1 aliphatic carbocycles. The molecule has 9 heteroatoms. The van der Waals surface area contributed by atoms with Crippen molar-refractivity contribution in [2.45, 2.75) is 56.4 Å². The van der Waals surface area contributed by atoms with Gasteiger partial charge in [0.25, 0.3) is 11.8 Å². The number of rotatable bonds is 6. The number of carbonyl (C=O) groups excluding carboxylic acids is 2. The molecule has 0 saturated heterocycles. The van der Waals surface area contributed by atoms with Gasteiger partial charge in [-0.1, -0.05) is 54.8 Å². The predicted molar refractivity (Wildman–Crippen MR) is 133 cm³/mol. The lowest BCUT2D eigenvalue weighted by Crippen LogP contribution is -2.55. The second kappa shape index (κ2) is 10.5. The third-order valence-corrected chi connectivity index (χ3v) is 7.68. The molecule has 2 N–H and O–H groups in total. The molecule has 1 aliphatic heterocycles. The standard InChI is InChI=1S/C26H26ClN3O4S/c27-17-11-9-16(10-12-17)24-23(25(32)29-34-13-18-14-35-15-28-18)19-5-1-2-6-20(19)26(33)30(24)21-7-3-4-8-22(21)31/h1-2,5-6,9-12,14-15,21-24,31H,3-4,7-8,13H2,(H,29,32)/t21-,22-,23+,24-/m0/s1. The lowest BCUT2D eigenvalue weighted by Gasteiger charge is -2.48. The molecule has 0 spiro atoms. The minimum absolute atomic E-state index is 0.138. The number of aromatic nitrogens is 1. The molecular weight excluding hydrogens is 486 g/mol. The van der Waals surface area contributed by atoms with Crippen LogP contribution in [-0.4, -0.2) is 39.0 Å². The number of hydrogen-bond acceptors (Lipinski definition) is 6. The third-order valence-electron chi connectivity index (χ3n) is 6.80. The number of hydroxylamine groups is 1. The number of aliphatic hydroxyl groups excluding tert-OH is 1. The first-order chi connectivity index (χ1) is 17.0. The van der Waals surface area contributed by atoms with Gasteiger partial charge in [-0.3, -0.25) is 14.4 Å². The molecular formula is C26H26ClN3O4S. The number of aliphatic hydroxyl groups is 1. The number of fused-ring (bicyclic) bond motifs is 1. The Hall–Kier alpha value is -2.78. The van der Waals surface area contributed by atoms with Crippen molar-refractivity contribution < 1.29 is 19.5 Å². The molecule has 3 aromatic rings. The summed E-state index contributed by atoms with van der Waals surface area (Å²) in [5.74, 6) is -1.29. The summed E-state index contributed by atoms with van der Waals surface area (Å²) in [5.41, 5.74) is 6.89. The summed E-state index contributed by atoms with van der Waals surface area (Å²) in [4.78, 5) is 39.0. The first-order valence-electron chi connectivity index (χ1n) is 11.7. The molecule has 182 valence electrons. The average Bonchev–Trinajstić information content (AvgIpc) is 3.39. The molecule has 0 radical (unpaired) electrons. The van der Waals surface area contributed by atoms with E-state index in [-0.39, 0.29) is 18.4 Å². The van der Waals surface area contributed by atoms with Crippen LogP contribution in [0.15, 0.2) is 59.4 Å². The van der Waals surface area contributed by atoms with Crippen molar-refractivity contribution in [3.63, 3.8) is 0 Å². The van der Waals surface area contributed by atoms with Crippen LogP contribution < -0.4 is 5.48 Å². The minimum atomic E-state index is -0.741. The molecule has 5 rings (SSSR count). The number of halogens is 1. The Morgan fingerprint density at radius 1 is 1.17 bits per heavy atom. The highest BCUT2D eigenvalue weighted by molar-refractivity contribution is 7.07. The average molecular weight is 512 g/mol. The van der Waals surface area contributed by atoms with Crippen molar-refractivity contribution in [2.24, 2.45) is 0 Å². The van der Waals surface area contributed by atoms with Crippen LogP contribution in [0.2, 0.25) is 5.02 Å². The molecule has 1 aromatic heterocycles. The normalized spacial score (nSPS) is 24.2. The van der Waals surface area contributed by atoms with Crippen molar-refractivity contribution in [3.05, 3.63) is 86.8 Å². The van der Waals surface area contributed by atoms with Crippen molar-refractivity contribution in [2.75, 3.05) is 0 Å². The summed E-state index contributed by atoms with van der Waals surface area (Å²) in [7, 11) is 0. The molecule has 2 heterocycles. The fourth-order valence-electron chi connectivity index (χ4n) is 5.18. The summed E-state index contributed by atoms with van der Waals surface area (Å²) in [6.07, 6.45) is 2.47. The lowest BCUT2D eigenvalue weighted by molar-refractivity contribution is -0.138. The molecule has 2 aliphatic rings. The van der Waals surface area contributed by atoms with E-state index in [0.29, 0.717) is 29.0 Å². The number of hydrogen-bond donors (Lipinski definition) is 2. The highest BCUT2D eigenvalue weighted by atomic mass is 35.5. The molecule has 0 unspecified atom stereocenters. The zero-order valence-electron chi connectivity index (χ0n) is 19.0. The van der Waals surface area contributed by atoms with Crippen molar-refractivity contribution >= 4 is 34.8 Å². The number of nitrogens with one attached hydrogen (secondary N) is 1. The zero-order valence-corrected chi connectivity index (χ0v) is 20.5. The van der Waals surface area contributed by atoms with Crippen LogP contribution in [-0.2, 0) is 16.2 Å². The maximum atomic E-state index is 13.9. The van der Waals surface area contributed by atoms with Gasteiger partial charge >= 0.3 is 0 Å². The van der Waals surface area contributed by atoms with E-state index in [0.717, 1.165) is 24.1 Å². The number of benzene rings is 2. The largest absolute Gasteiger partial charge is 0.391 e. The van der Waals surface area contributed by atoms with E-state index in [1.54, 1.807) is 34.7 Å². The Morgan fingerprint density at radius 3 is 2.69 bits per heavy atom. The highest BCUT2D eigenvalue weighted by Crippen LogP contribution is 2.46. The van der Waals surface area contributed by atoms with Crippen LogP contribution in [0.3, 0.4) is 0 Å². The van der Waals surface area contributed by atoms with Gasteiger partial charge in [-0.25, -0.2) is 10.5 Å². The Kier molecular flexibility index (Phi) is 7.15. The zero-order chi connectivity index (χ0) is 24.4. The molecule has 7 nitrogen and oxygen atoms in total. The first-order valence-corrected chi connectivity index (χ1v) is 13.0. The molecule has 2 amide bonds. The SMILES string of the molecule is O=C(NOCc1cscn1)[C@@H]1c2ccccc2C(=O)N([C@H]2CCCC[C@@H]2O)[C@H]1c1ccc(Cl)cc1. The van der Waals surface area contributed by atoms with E-state index < -0.39 is 24.1 Å². The van der Waals surface area contributed by atoms with Crippen molar-refractivity contribution in [1.82, 2.24) is 15.4 Å². The second-order valence-electron chi connectivity index (χ2n) is 8.93. The fraction of sp³-hybridized carbons (Fsp3) is 0.346. The van der Waals surface area contributed by atoms with Gasteiger partial charge in [0, 0.05) is 16.0 Å². The van der Waals surface area contributed by atoms with E-state index >= 15 is 0 Å². The first kappa shape index (κ1) is 23.9. The molecule has 4 atom stereocenters. The predicted octanol–water partition coefficient (Wildman–Crippen LogP) is 4.63. The Bertz CT molecular complexity index is 1190. The molecule has 0 bridgehead atoms. The summed E-state index contributed by atoms with van der Waals surface area (Å²) in [6.45, 7) is 0.138. The maximum Gasteiger partial charge on any atom is 0.255 e. The van der Waals surface area contributed by atoms with E-state index in [9.17, 15) is 14.7 Å². The van der Waals surface area contributed by atoms with Crippen LogP contribution in [0.5, 0.6) is 0 Å². The van der Waals surface area contributed by atoms with E-state index in [2.05, 4.69) is 10.5 Å². The quantitative estimate of drug-likeness (QED) is 0.471. The van der Waals surface area contributed by atoms with E-state index in [4.69, 9.17) is 16.4 Å². The van der Waals surface area contributed by atoms with Crippen LogP contribution in [0.25, 0.3) is 0 Å². The number of thiazole rings is 1. The molecule has 1 fully saturated rings. The highest BCUT2D eigenvalue weighted by Gasteiger charge is 2.48. The van der Waals surface area contributed by atoms with Gasteiger partial charge in [0.05, 0.1) is 35.3 Å². The Morgan fingerprint density at radius 2 is 1.94 bits per heavy atom. The number of nitrogens with zero attached hydrogens (tertiary/aromatic N) is 2. The Balaban J connectivity index is 1.56. The van der Waals surface area contributed by atoms with Crippen molar-refractivity contribution in [1.29, 1.82) is 0 Å². The minimum Gasteiger partial charge on any atom is -0.391 e. The summed E-state index contributed by atoms with van der Waals surface area (Å²) in [6, 6.07) is 13.3. The molecule has 2 aromatic carbocycles. The van der Waals surface area contributed by atoms with Crippen LogP contribution >= 0.6 is 22.9 Å². The Labute approximate surface area is 212 Å². The van der Waals surface area contributed by atoms with Gasteiger partial charge < -0.3 is 10.0 Å². The molecule has 35 heavy (non-hydrogen) atoms. The van der Waals surface area contributed by atoms with Gasteiger partial charge in [0.1, 0.15) is 6.61 Å². The number of amides is 2. The van der Waals surface area contributed by atoms with Gasteiger partial charge in [-0.15, -0.1) is 11.3 Å². The fourth-order valence-corrected chi connectivity index (χ4v) is 5.85. The van der Waals surface area contributed by atoms with Crippen LogP contribution in [0, 0.1) is 0 Å². The van der Waals surface area contributed by atoms with Gasteiger partial charge in [-0.2, -0.15) is 0 Å². The lowest BCUT2D eigenvalue weighted by atomic mass is 9.77. The smallest absolute Gasteiger partial charge is 0.255 e. The van der Waals surface area contributed by atoms with Gasteiger partial charge in [-0.05, 0) is 42.2 Å². The van der Waals surface area contributed by atoms with Gasteiger partial charge in [0.15, 0.2) is 0 Å². The van der Waals surface area contributed by atoms with E-state index in [1.165, 1.54) is 11.3 Å². The van der Waals surface area contributed by atoms with E-state index in [1.807, 2.05) is 29.6 Å². The third kappa shape index (κ3) is 4.84. The second-order valence-corrected chi connectivity index (χ2v) is 10.1. The van der Waals surface area contributed by atoms with Crippen LogP contribution in [0.4, 0.5) is 0 Å². The summed E-state index contributed by atoms with van der Waals surface area (Å²) in [5, 5.41) is 13.3.